The molecule has 0 aromatic heterocycles. The van der Waals surface area contributed by atoms with Crippen molar-refractivity contribution in [2.24, 2.45) is 10.8 Å². The van der Waals surface area contributed by atoms with Gasteiger partial charge in [0.15, 0.2) is 5.84 Å². The number of amidine groups is 1. The molecule has 0 amide bonds. The van der Waals surface area contributed by atoms with Gasteiger partial charge >= 0.3 is 0 Å². The summed E-state index contributed by atoms with van der Waals surface area (Å²) in [5, 5.41) is 19.2. The summed E-state index contributed by atoms with van der Waals surface area (Å²) >= 11 is 0. The zero-order valence-corrected chi connectivity index (χ0v) is 8.58. The molecule has 0 aliphatic rings. The van der Waals surface area contributed by atoms with E-state index < -0.39 is 11.7 Å². The molecular formula is C10H10FN5. The van der Waals surface area contributed by atoms with Crippen LogP contribution in [0.4, 0.5) is 10.1 Å². The van der Waals surface area contributed by atoms with Gasteiger partial charge in [-0.2, -0.15) is 10.4 Å². The van der Waals surface area contributed by atoms with E-state index >= 15 is 0 Å². The molecule has 1 rings (SSSR count). The lowest BCUT2D eigenvalue weighted by atomic mass is 10.2. The van der Waals surface area contributed by atoms with Crippen LogP contribution in [0.1, 0.15) is 5.56 Å². The molecule has 0 atom stereocenters. The number of nitrogens with zero attached hydrogens (tertiary/aromatic N) is 2. The summed E-state index contributed by atoms with van der Waals surface area (Å²) in [6, 6.07) is 5.79. The van der Waals surface area contributed by atoms with Crippen LogP contribution in [0.5, 0.6) is 0 Å². The second-order valence-electron chi connectivity index (χ2n) is 3.06. The molecule has 1 aromatic carbocycles. The van der Waals surface area contributed by atoms with E-state index in [0.29, 0.717) is 5.69 Å². The maximum Gasteiger partial charge on any atom is 0.201 e. The second kappa shape index (κ2) is 4.89. The predicted octanol–water partition coefficient (Wildman–Crippen LogP) is 1.36. The number of nitrogens with two attached hydrogens (primary N) is 1. The zero-order chi connectivity index (χ0) is 12.1. The van der Waals surface area contributed by atoms with Crippen LogP contribution in [0.25, 0.3) is 0 Å². The van der Waals surface area contributed by atoms with Crippen molar-refractivity contribution in [3.8, 4) is 6.07 Å². The summed E-state index contributed by atoms with van der Waals surface area (Å²) in [6.07, 6.45) is 0. The molecule has 0 spiro atoms. The standard InChI is InChI=1S/C10H10FN5/c1-6-2-3-7(11)4-8(6)15-16-9(5-12)10(13)14/h2-4,15H,1H3,(H3,13,14)/b16-9+. The quantitative estimate of drug-likeness (QED) is 0.406. The Morgan fingerprint density at radius 3 is 2.88 bits per heavy atom. The molecular weight excluding hydrogens is 209 g/mol. The van der Waals surface area contributed by atoms with Crippen molar-refractivity contribution >= 4 is 17.2 Å². The van der Waals surface area contributed by atoms with Gasteiger partial charge < -0.3 is 5.73 Å². The van der Waals surface area contributed by atoms with Crippen LogP contribution in [0.2, 0.25) is 0 Å². The summed E-state index contributed by atoms with van der Waals surface area (Å²) in [5.74, 6) is -0.853. The number of rotatable bonds is 3. The second-order valence-corrected chi connectivity index (χ2v) is 3.06. The molecule has 0 aliphatic carbocycles. The summed E-state index contributed by atoms with van der Waals surface area (Å²) in [6.45, 7) is 1.76. The van der Waals surface area contributed by atoms with Gasteiger partial charge in [0.05, 0.1) is 5.69 Å². The first-order valence-electron chi connectivity index (χ1n) is 4.39. The molecule has 1 aromatic rings. The Kier molecular flexibility index (Phi) is 3.56. The van der Waals surface area contributed by atoms with E-state index in [0.717, 1.165) is 5.56 Å². The molecule has 5 nitrogen and oxygen atoms in total. The van der Waals surface area contributed by atoms with Crippen LogP contribution < -0.4 is 11.2 Å². The molecule has 6 heteroatoms. The van der Waals surface area contributed by atoms with Crippen LogP contribution in [-0.4, -0.2) is 11.5 Å². The fourth-order valence-electron chi connectivity index (χ4n) is 0.976. The number of hydrazone groups is 1. The summed E-state index contributed by atoms with van der Waals surface area (Å²) in [7, 11) is 0. The highest BCUT2D eigenvalue weighted by Crippen LogP contribution is 2.15. The fraction of sp³-hybridized carbons (Fsp3) is 0.100. The minimum Gasteiger partial charge on any atom is -0.382 e. The lowest BCUT2D eigenvalue weighted by Crippen LogP contribution is -2.21. The average molecular weight is 219 g/mol. The number of hydrogen-bond donors (Lipinski definition) is 3. The molecule has 0 radical (unpaired) electrons. The summed E-state index contributed by atoms with van der Waals surface area (Å²) < 4.78 is 12.9. The molecule has 0 saturated heterocycles. The Labute approximate surface area is 91.9 Å². The van der Waals surface area contributed by atoms with Crippen molar-refractivity contribution in [2.75, 3.05) is 5.43 Å². The van der Waals surface area contributed by atoms with Crippen LogP contribution >= 0.6 is 0 Å². The van der Waals surface area contributed by atoms with E-state index in [1.54, 1.807) is 19.1 Å². The summed E-state index contributed by atoms with van der Waals surface area (Å²) in [4.78, 5) is 0. The third-order valence-corrected chi connectivity index (χ3v) is 1.85. The molecule has 0 aliphatic heterocycles. The molecule has 4 N–H and O–H groups in total. The van der Waals surface area contributed by atoms with E-state index in [1.807, 2.05) is 0 Å². The highest BCUT2D eigenvalue weighted by Gasteiger charge is 2.02. The number of nitrogens with one attached hydrogen (secondary N) is 2. The van der Waals surface area contributed by atoms with Crippen molar-refractivity contribution in [1.29, 1.82) is 10.7 Å². The van der Waals surface area contributed by atoms with Crippen LogP contribution in [0, 0.1) is 29.5 Å². The Bertz CT molecular complexity index is 486. The fourth-order valence-corrected chi connectivity index (χ4v) is 0.976. The Balaban J connectivity index is 2.94. The minimum absolute atomic E-state index is 0.247. The van der Waals surface area contributed by atoms with Gasteiger partial charge in [0.1, 0.15) is 11.9 Å². The van der Waals surface area contributed by atoms with E-state index in [9.17, 15) is 4.39 Å². The van der Waals surface area contributed by atoms with Gasteiger partial charge in [0, 0.05) is 0 Å². The van der Waals surface area contributed by atoms with Crippen LogP contribution in [-0.2, 0) is 0 Å². The first-order valence-corrected chi connectivity index (χ1v) is 4.39. The lowest BCUT2D eigenvalue weighted by molar-refractivity contribution is 0.628. The molecule has 0 fully saturated rings. The molecule has 0 saturated carbocycles. The monoisotopic (exact) mass is 219 g/mol. The topological polar surface area (TPSA) is 98.0 Å². The maximum atomic E-state index is 12.9. The van der Waals surface area contributed by atoms with Crippen molar-refractivity contribution in [2.45, 2.75) is 6.92 Å². The largest absolute Gasteiger partial charge is 0.382 e. The van der Waals surface area contributed by atoms with Crippen molar-refractivity contribution < 1.29 is 4.39 Å². The van der Waals surface area contributed by atoms with Gasteiger partial charge in [-0.25, -0.2) is 4.39 Å². The van der Waals surface area contributed by atoms with E-state index in [1.165, 1.54) is 12.1 Å². The number of benzene rings is 1. The number of halogens is 1. The highest BCUT2D eigenvalue weighted by atomic mass is 19.1. The van der Waals surface area contributed by atoms with Gasteiger partial charge in [-0.15, -0.1) is 0 Å². The maximum absolute atomic E-state index is 12.9. The third kappa shape index (κ3) is 2.78. The normalized spacial score (nSPS) is 10.7. The average Bonchev–Trinajstić information content (AvgIpc) is 2.23. The molecule has 0 unspecified atom stereocenters. The predicted molar refractivity (Wildman–Crippen MR) is 59.7 cm³/mol. The smallest absolute Gasteiger partial charge is 0.201 e. The number of aryl methyl sites for hydroxylation is 1. The molecule has 0 bridgehead atoms. The Morgan fingerprint density at radius 2 is 2.31 bits per heavy atom. The van der Waals surface area contributed by atoms with Gasteiger partial charge in [-0.1, -0.05) is 6.07 Å². The van der Waals surface area contributed by atoms with Gasteiger partial charge in [0.2, 0.25) is 5.71 Å². The van der Waals surface area contributed by atoms with Gasteiger partial charge in [-0.3, -0.25) is 10.8 Å². The van der Waals surface area contributed by atoms with Crippen molar-refractivity contribution in [3.63, 3.8) is 0 Å². The van der Waals surface area contributed by atoms with Crippen LogP contribution in [0.15, 0.2) is 23.3 Å². The van der Waals surface area contributed by atoms with Gasteiger partial charge in [-0.05, 0) is 24.6 Å². The Hall–Kier alpha value is -2.42. The highest BCUT2D eigenvalue weighted by molar-refractivity contribution is 6.45. The molecule has 82 valence electrons. The molecule has 16 heavy (non-hydrogen) atoms. The van der Waals surface area contributed by atoms with E-state index in [4.69, 9.17) is 16.4 Å². The number of anilines is 1. The molecule has 0 heterocycles. The SMILES string of the molecule is Cc1ccc(F)cc1N/N=C(\C#N)C(=N)N. The lowest BCUT2D eigenvalue weighted by Gasteiger charge is -2.04. The number of hydrogen-bond acceptors (Lipinski definition) is 4. The third-order valence-electron chi connectivity index (χ3n) is 1.85. The van der Waals surface area contributed by atoms with E-state index in [-0.39, 0.29) is 5.71 Å². The van der Waals surface area contributed by atoms with Crippen molar-refractivity contribution in [3.05, 3.63) is 29.6 Å². The van der Waals surface area contributed by atoms with Gasteiger partial charge in [0.25, 0.3) is 0 Å². The first kappa shape index (κ1) is 11.7. The minimum atomic E-state index is -0.441. The number of nitriles is 1. The van der Waals surface area contributed by atoms with Crippen LogP contribution in [0.3, 0.4) is 0 Å². The van der Waals surface area contributed by atoms with E-state index in [2.05, 4.69) is 10.5 Å². The zero-order valence-electron chi connectivity index (χ0n) is 8.58. The Morgan fingerprint density at radius 1 is 1.62 bits per heavy atom. The first-order chi connectivity index (χ1) is 7.54. The van der Waals surface area contributed by atoms with Crippen molar-refractivity contribution in [1.82, 2.24) is 0 Å². The summed E-state index contributed by atoms with van der Waals surface area (Å²) in [5.41, 5.74) is 8.53.